The molecule has 1 aromatic rings. The number of hydrogen-bond acceptors (Lipinski definition) is 4. The fourth-order valence-corrected chi connectivity index (χ4v) is 1.29. The van der Waals surface area contributed by atoms with E-state index in [0.29, 0.717) is 11.6 Å². The summed E-state index contributed by atoms with van der Waals surface area (Å²) in [4.78, 5) is 15.5. The van der Waals surface area contributed by atoms with Crippen molar-refractivity contribution in [2.75, 3.05) is 25.5 Å². The first kappa shape index (κ1) is 16.0. The molecule has 96 valence electrons. The predicted octanol–water partition coefficient (Wildman–Crippen LogP) is 1.09. The summed E-state index contributed by atoms with van der Waals surface area (Å²) < 4.78 is 4.92. The van der Waals surface area contributed by atoms with Crippen molar-refractivity contribution in [3.8, 4) is 5.88 Å². The molecule has 0 bridgehead atoms. The largest absolute Gasteiger partial charge is 0.481 e. The summed E-state index contributed by atoms with van der Waals surface area (Å²) in [6, 6.07) is 3.49. The molecule has 1 aromatic heterocycles. The van der Waals surface area contributed by atoms with Gasteiger partial charge in [-0.3, -0.25) is 4.79 Å². The maximum absolute atomic E-state index is 11.5. The number of ether oxygens (including phenoxy) is 1. The highest BCUT2D eigenvalue weighted by atomic mass is 35.5. The Morgan fingerprint density at radius 3 is 2.59 bits per heavy atom. The van der Waals surface area contributed by atoms with Crippen LogP contribution in [0.2, 0.25) is 0 Å². The second kappa shape index (κ2) is 7.32. The van der Waals surface area contributed by atoms with Crippen molar-refractivity contribution in [1.29, 1.82) is 0 Å². The molecule has 1 saturated heterocycles. The molecule has 1 aliphatic rings. The van der Waals surface area contributed by atoms with E-state index in [-0.39, 0.29) is 36.6 Å². The lowest BCUT2D eigenvalue weighted by Crippen LogP contribution is -2.48. The summed E-state index contributed by atoms with van der Waals surface area (Å²) in [5.74, 6) is 0.672. The van der Waals surface area contributed by atoms with Crippen LogP contribution in [-0.4, -0.2) is 31.1 Å². The van der Waals surface area contributed by atoms with Crippen molar-refractivity contribution in [2.45, 2.75) is 0 Å². The van der Waals surface area contributed by atoms with Crippen LogP contribution in [0.3, 0.4) is 0 Å². The molecule has 1 amide bonds. The Balaban J connectivity index is 0.00000128. The van der Waals surface area contributed by atoms with Gasteiger partial charge in [0.05, 0.1) is 24.9 Å². The summed E-state index contributed by atoms with van der Waals surface area (Å²) in [5.41, 5.74) is 0.702. The number of methoxy groups -OCH3 is 1. The van der Waals surface area contributed by atoms with Crippen molar-refractivity contribution in [1.82, 2.24) is 10.3 Å². The quantitative estimate of drug-likeness (QED) is 0.870. The number of amides is 1. The Morgan fingerprint density at radius 2 is 2.18 bits per heavy atom. The number of nitrogens with one attached hydrogen (secondary N) is 2. The van der Waals surface area contributed by atoms with Crippen LogP contribution in [0, 0.1) is 5.92 Å². The Morgan fingerprint density at radius 1 is 1.47 bits per heavy atom. The van der Waals surface area contributed by atoms with E-state index in [1.54, 1.807) is 25.4 Å². The molecule has 0 aromatic carbocycles. The third-order valence-corrected chi connectivity index (χ3v) is 2.37. The van der Waals surface area contributed by atoms with E-state index in [9.17, 15) is 4.79 Å². The number of nitrogens with zero attached hydrogens (tertiary/aromatic N) is 1. The lowest BCUT2D eigenvalue weighted by Gasteiger charge is -2.25. The van der Waals surface area contributed by atoms with Crippen LogP contribution in [0.1, 0.15) is 0 Å². The number of aromatic nitrogens is 1. The third-order valence-electron chi connectivity index (χ3n) is 2.37. The SMILES string of the molecule is COc1ccc(NC(=O)C2CNC2)cn1.Cl.Cl. The maximum Gasteiger partial charge on any atom is 0.230 e. The van der Waals surface area contributed by atoms with Crippen LogP contribution in [-0.2, 0) is 4.79 Å². The van der Waals surface area contributed by atoms with Crippen molar-refractivity contribution < 1.29 is 9.53 Å². The van der Waals surface area contributed by atoms with E-state index in [4.69, 9.17) is 4.74 Å². The van der Waals surface area contributed by atoms with Crippen molar-refractivity contribution in [2.24, 2.45) is 5.92 Å². The van der Waals surface area contributed by atoms with Gasteiger partial charge >= 0.3 is 0 Å². The average molecular weight is 280 g/mol. The molecule has 0 radical (unpaired) electrons. The van der Waals surface area contributed by atoms with Crippen molar-refractivity contribution in [3.05, 3.63) is 18.3 Å². The molecule has 1 fully saturated rings. The van der Waals surface area contributed by atoms with Crippen LogP contribution < -0.4 is 15.4 Å². The van der Waals surface area contributed by atoms with Crippen LogP contribution in [0.15, 0.2) is 18.3 Å². The smallest absolute Gasteiger partial charge is 0.230 e. The van der Waals surface area contributed by atoms with Gasteiger partial charge in [-0.1, -0.05) is 0 Å². The topological polar surface area (TPSA) is 63.2 Å². The molecule has 2 heterocycles. The van der Waals surface area contributed by atoms with Crippen LogP contribution >= 0.6 is 24.8 Å². The van der Waals surface area contributed by atoms with E-state index < -0.39 is 0 Å². The number of hydrogen-bond donors (Lipinski definition) is 2. The first-order valence-electron chi connectivity index (χ1n) is 4.81. The minimum Gasteiger partial charge on any atom is -0.481 e. The number of carbonyl (C=O) groups is 1. The zero-order valence-corrected chi connectivity index (χ0v) is 10.9. The first-order chi connectivity index (χ1) is 7.29. The van der Waals surface area contributed by atoms with Crippen molar-refractivity contribution >= 4 is 36.4 Å². The molecule has 1 aliphatic heterocycles. The van der Waals surface area contributed by atoms with E-state index in [0.717, 1.165) is 13.1 Å². The van der Waals surface area contributed by atoms with Gasteiger partial charge in [0.1, 0.15) is 0 Å². The summed E-state index contributed by atoms with van der Waals surface area (Å²) in [7, 11) is 1.56. The molecule has 5 nitrogen and oxygen atoms in total. The average Bonchev–Trinajstić information content (AvgIpc) is 2.16. The Bertz CT molecular complexity index is 355. The molecular weight excluding hydrogens is 265 g/mol. The minimum atomic E-state index is 0. The lowest BCUT2D eigenvalue weighted by atomic mass is 10.0. The number of rotatable bonds is 3. The molecule has 7 heteroatoms. The second-order valence-electron chi connectivity index (χ2n) is 3.43. The van der Waals surface area contributed by atoms with Gasteiger partial charge < -0.3 is 15.4 Å². The molecule has 0 saturated carbocycles. The number of halogens is 2. The van der Waals surface area contributed by atoms with Crippen LogP contribution in [0.25, 0.3) is 0 Å². The number of carbonyl (C=O) groups excluding carboxylic acids is 1. The van der Waals surface area contributed by atoms with Crippen molar-refractivity contribution in [3.63, 3.8) is 0 Å². The van der Waals surface area contributed by atoms with E-state index in [1.807, 2.05) is 0 Å². The van der Waals surface area contributed by atoms with Gasteiger partial charge in [0, 0.05) is 19.2 Å². The molecule has 0 aliphatic carbocycles. The summed E-state index contributed by atoms with van der Waals surface area (Å²) >= 11 is 0. The Kier molecular flexibility index (Phi) is 6.87. The molecule has 0 unspecified atom stereocenters. The zero-order chi connectivity index (χ0) is 10.7. The zero-order valence-electron chi connectivity index (χ0n) is 9.30. The standard InChI is InChI=1S/C10H13N3O2.2ClH/c1-15-9-3-2-8(6-12-9)13-10(14)7-4-11-5-7;;/h2-3,6-7,11H,4-5H2,1H3,(H,13,14);2*1H. The van der Waals surface area contributed by atoms with Gasteiger partial charge in [0.2, 0.25) is 11.8 Å². The minimum absolute atomic E-state index is 0. The first-order valence-corrected chi connectivity index (χ1v) is 4.81. The Labute approximate surface area is 112 Å². The van der Waals surface area contributed by atoms with E-state index in [1.165, 1.54) is 0 Å². The highest BCUT2D eigenvalue weighted by Gasteiger charge is 2.24. The monoisotopic (exact) mass is 279 g/mol. The predicted molar refractivity (Wildman–Crippen MR) is 70.3 cm³/mol. The fourth-order valence-electron chi connectivity index (χ4n) is 1.29. The second-order valence-corrected chi connectivity index (χ2v) is 3.43. The molecule has 2 rings (SSSR count). The van der Waals surface area contributed by atoms with Crippen LogP contribution in [0.5, 0.6) is 5.88 Å². The van der Waals surface area contributed by atoms with Gasteiger partial charge in [0.25, 0.3) is 0 Å². The normalized spacial score (nSPS) is 13.7. The van der Waals surface area contributed by atoms with Gasteiger partial charge in [-0.05, 0) is 6.07 Å². The van der Waals surface area contributed by atoms with E-state index in [2.05, 4.69) is 15.6 Å². The van der Waals surface area contributed by atoms with E-state index >= 15 is 0 Å². The van der Waals surface area contributed by atoms with Gasteiger partial charge in [-0.2, -0.15) is 0 Å². The van der Waals surface area contributed by atoms with Gasteiger partial charge in [-0.15, -0.1) is 24.8 Å². The van der Waals surface area contributed by atoms with Gasteiger partial charge in [-0.25, -0.2) is 4.98 Å². The summed E-state index contributed by atoms with van der Waals surface area (Å²) in [6.45, 7) is 1.52. The summed E-state index contributed by atoms with van der Waals surface area (Å²) in [6.07, 6.45) is 1.59. The molecule has 17 heavy (non-hydrogen) atoms. The lowest BCUT2D eigenvalue weighted by molar-refractivity contribution is -0.121. The molecule has 0 spiro atoms. The molecule has 0 atom stereocenters. The maximum atomic E-state index is 11.5. The number of pyridine rings is 1. The molecular formula is C10H15Cl2N3O2. The highest BCUT2D eigenvalue weighted by molar-refractivity contribution is 5.93. The fraction of sp³-hybridized carbons (Fsp3) is 0.400. The third kappa shape index (κ3) is 4.03. The Hall–Kier alpha value is -1.04. The highest BCUT2D eigenvalue weighted by Crippen LogP contribution is 2.13. The summed E-state index contributed by atoms with van der Waals surface area (Å²) in [5, 5.41) is 5.85. The van der Waals surface area contributed by atoms with Gasteiger partial charge in [0.15, 0.2) is 0 Å². The number of anilines is 1. The van der Waals surface area contributed by atoms with Crippen LogP contribution in [0.4, 0.5) is 5.69 Å². The molecule has 2 N–H and O–H groups in total.